The predicted octanol–water partition coefficient (Wildman–Crippen LogP) is 1.62. The van der Waals surface area contributed by atoms with E-state index in [1.54, 1.807) is 37.3 Å². The number of nitrogens with zero attached hydrogens (tertiary/aromatic N) is 1. The number of nitrogens with two attached hydrogens (primary N) is 1. The standard InChI is InChI=1S/C14H20N2O3/c1-3-9-14(2,15)13(19)16(10-12(17)18)11-7-5-4-6-8-11/h4-8H,3,9-10,15H2,1-2H3,(H,17,18). The Kier molecular flexibility index (Phi) is 5.06. The number of carbonyl (C=O) groups excluding carboxylic acids is 1. The summed E-state index contributed by atoms with van der Waals surface area (Å²) < 4.78 is 0. The van der Waals surface area contributed by atoms with E-state index in [1.807, 2.05) is 6.92 Å². The highest BCUT2D eigenvalue weighted by Gasteiger charge is 2.33. The van der Waals surface area contributed by atoms with E-state index in [-0.39, 0.29) is 12.5 Å². The number of amides is 1. The highest BCUT2D eigenvalue weighted by molar-refractivity contribution is 6.02. The molecule has 1 aromatic carbocycles. The quantitative estimate of drug-likeness (QED) is 0.817. The van der Waals surface area contributed by atoms with Crippen LogP contribution in [0.4, 0.5) is 5.69 Å². The first kappa shape index (κ1) is 15.2. The molecule has 19 heavy (non-hydrogen) atoms. The van der Waals surface area contributed by atoms with Crippen LogP contribution in [0.1, 0.15) is 26.7 Å². The Balaban J connectivity index is 3.04. The number of para-hydroxylation sites is 1. The predicted molar refractivity (Wildman–Crippen MR) is 73.9 cm³/mol. The topological polar surface area (TPSA) is 83.6 Å². The van der Waals surface area contributed by atoms with E-state index in [9.17, 15) is 9.59 Å². The molecule has 0 spiro atoms. The summed E-state index contributed by atoms with van der Waals surface area (Å²) in [5.41, 5.74) is 5.49. The fourth-order valence-electron chi connectivity index (χ4n) is 1.96. The SMILES string of the molecule is CCCC(C)(N)C(=O)N(CC(=O)O)c1ccccc1. The van der Waals surface area contributed by atoms with Crippen molar-refractivity contribution in [2.75, 3.05) is 11.4 Å². The lowest BCUT2D eigenvalue weighted by Gasteiger charge is -2.30. The smallest absolute Gasteiger partial charge is 0.323 e. The van der Waals surface area contributed by atoms with Crippen LogP contribution >= 0.6 is 0 Å². The molecule has 0 bridgehead atoms. The number of carbonyl (C=O) groups is 2. The number of aliphatic carboxylic acids is 1. The summed E-state index contributed by atoms with van der Waals surface area (Å²) in [5, 5.41) is 8.96. The minimum absolute atomic E-state index is 0.372. The molecular weight excluding hydrogens is 244 g/mol. The molecule has 1 atom stereocenters. The highest BCUT2D eigenvalue weighted by Crippen LogP contribution is 2.19. The monoisotopic (exact) mass is 264 g/mol. The van der Waals surface area contributed by atoms with Gasteiger partial charge in [0.15, 0.2) is 0 Å². The second-order valence-electron chi connectivity index (χ2n) is 4.79. The van der Waals surface area contributed by atoms with Crippen molar-refractivity contribution in [3.8, 4) is 0 Å². The van der Waals surface area contributed by atoms with Crippen LogP contribution in [0.15, 0.2) is 30.3 Å². The van der Waals surface area contributed by atoms with E-state index in [0.717, 1.165) is 6.42 Å². The van der Waals surface area contributed by atoms with E-state index in [4.69, 9.17) is 10.8 Å². The van der Waals surface area contributed by atoms with Crippen molar-refractivity contribution < 1.29 is 14.7 Å². The maximum absolute atomic E-state index is 12.4. The van der Waals surface area contributed by atoms with Crippen LogP contribution in [0.25, 0.3) is 0 Å². The van der Waals surface area contributed by atoms with Crippen molar-refractivity contribution in [2.24, 2.45) is 5.73 Å². The van der Waals surface area contributed by atoms with Gasteiger partial charge in [-0.15, -0.1) is 0 Å². The van der Waals surface area contributed by atoms with Crippen LogP contribution in [0.5, 0.6) is 0 Å². The zero-order valence-electron chi connectivity index (χ0n) is 11.3. The third kappa shape index (κ3) is 4.06. The molecule has 5 nitrogen and oxygen atoms in total. The lowest BCUT2D eigenvalue weighted by atomic mass is 9.95. The molecule has 3 N–H and O–H groups in total. The Morgan fingerprint density at radius 1 is 1.32 bits per heavy atom. The molecule has 0 heterocycles. The molecule has 0 aliphatic carbocycles. The van der Waals surface area contributed by atoms with Gasteiger partial charge >= 0.3 is 5.97 Å². The molecule has 1 aromatic rings. The van der Waals surface area contributed by atoms with E-state index >= 15 is 0 Å². The van der Waals surface area contributed by atoms with Crippen LogP contribution < -0.4 is 10.6 Å². The van der Waals surface area contributed by atoms with E-state index < -0.39 is 11.5 Å². The number of anilines is 1. The molecule has 1 amide bonds. The van der Waals surface area contributed by atoms with Gasteiger partial charge in [0.25, 0.3) is 0 Å². The molecule has 0 aliphatic rings. The lowest BCUT2D eigenvalue weighted by Crippen LogP contribution is -2.54. The first-order valence-electron chi connectivity index (χ1n) is 6.26. The molecule has 0 radical (unpaired) electrons. The normalized spacial score (nSPS) is 13.6. The van der Waals surface area contributed by atoms with E-state index in [1.165, 1.54) is 4.90 Å². The van der Waals surface area contributed by atoms with Crippen LogP contribution in [0, 0.1) is 0 Å². The fourth-order valence-corrected chi connectivity index (χ4v) is 1.96. The molecule has 0 saturated carbocycles. The first-order chi connectivity index (χ1) is 8.88. The zero-order chi connectivity index (χ0) is 14.5. The average Bonchev–Trinajstić information content (AvgIpc) is 2.36. The van der Waals surface area contributed by atoms with Gasteiger partial charge in [-0.3, -0.25) is 14.5 Å². The van der Waals surface area contributed by atoms with Gasteiger partial charge in [0.1, 0.15) is 6.54 Å². The maximum atomic E-state index is 12.4. The third-order valence-electron chi connectivity index (χ3n) is 2.86. The fraction of sp³-hybridized carbons (Fsp3) is 0.429. The van der Waals surface area contributed by atoms with Gasteiger partial charge in [0.2, 0.25) is 5.91 Å². The minimum Gasteiger partial charge on any atom is -0.480 e. The molecule has 1 unspecified atom stereocenters. The largest absolute Gasteiger partial charge is 0.480 e. The summed E-state index contributed by atoms with van der Waals surface area (Å²) in [6, 6.07) is 8.71. The first-order valence-corrected chi connectivity index (χ1v) is 6.26. The lowest BCUT2D eigenvalue weighted by molar-refractivity contribution is -0.137. The van der Waals surface area contributed by atoms with Crippen molar-refractivity contribution in [1.82, 2.24) is 0 Å². The summed E-state index contributed by atoms with van der Waals surface area (Å²) in [4.78, 5) is 24.6. The molecule has 0 fully saturated rings. The molecule has 1 rings (SSSR count). The van der Waals surface area contributed by atoms with Crippen LogP contribution in [0.2, 0.25) is 0 Å². The van der Waals surface area contributed by atoms with Gasteiger partial charge in [-0.2, -0.15) is 0 Å². The molecular formula is C14H20N2O3. The molecule has 0 aromatic heterocycles. The van der Waals surface area contributed by atoms with Gasteiger partial charge in [0, 0.05) is 5.69 Å². The summed E-state index contributed by atoms with van der Waals surface area (Å²) in [7, 11) is 0. The van der Waals surface area contributed by atoms with Crippen molar-refractivity contribution in [2.45, 2.75) is 32.2 Å². The Bertz CT molecular complexity index is 443. The number of rotatable bonds is 6. The highest BCUT2D eigenvalue weighted by atomic mass is 16.4. The average molecular weight is 264 g/mol. The zero-order valence-corrected chi connectivity index (χ0v) is 11.3. The van der Waals surface area contributed by atoms with Gasteiger partial charge < -0.3 is 10.8 Å². The Hall–Kier alpha value is -1.88. The molecule has 104 valence electrons. The third-order valence-corrected chi connectivity index (χ3v) is 2.86. The van der Waals surface area contributed by atoms with Crippen LogP contribution in [-0.2, 0) is 9.59 Å². The Morgan fingerprint density at radius 3 is 2.37 bits per heavy atom. The van der Waals surface area contributed by atoms with Crippen molar-refractivity contribution >= 4 is 17.6 Å². The number of hydrogen-bond acceptors (Lipinski definition) is 3. The summed E-state index contributed by atoms with van der Waals surface area (Å²) >= 11 is 0. The summed E-state index contributed by atoms with van der Waals surface area (Å²) in [5.74, 6) is -1.44. The Morgan fingerprint density at radius 2 is 1.89 bits per heavy atom. The second kappa shape index (κ2) is 6.33. The molecule has 0 saturated heterocycles. The van der Waals surface area contributed by atoms with Gasteiger partial charge in [-0.05, 0) is 25.5 Å². The van der Waals surface area contributed by atoms with Gasteiger partial charge in [0.05, 0.1) is 5.54 Å². The number of hydrogen-bond donors (Lipinski definition) is 2. The van der Waals surface area contributed by atoms with Crippen LogP contribution in [0.3, 0.4) is 0 Å². The number of benzene rings is 1. The van der Waals surface area contributed by atoms with Crippen molar-refractivity contribution in [3.05, 3.63) is 30.3 Å². The number of carboxylic acids is 1. The van der Waals surface area contributed by atoms with E-state index in [0.29, 0.717) is 12.1 Å². The van der Waals surface area contributed by atoms with Crippen LogP contribution in [-0.4, -0.2) is 29.1 Å². The summed E-state index contributed by atoms with van der Waals surface area (Å²) in [6.45, 7) is 3.18. The van der Waals surface area contributed by atoms with Gasteiger partial charge in [-0.25, -0.2) is 0 Å². The molecule has 5 heteroatoms. The second-order valence-corrected chi connectivity index (χ2v) is 4.79. The minimum atomic E-state index is -1.07. The van der Waals surface area contributed by atoms with Gasteiger partial charge in [-0.1, -0.05) is 31.5 Å². The molecule has 0 aliphatic heterocycles. The summed E-state index contributed by atoms with van der Waals surface area (Å²) in [6.07, 6.45) is 1.27. The maximum Gasteiger partial charge on any atom is 0.323 e. The van der Waals surface area contributed by atoms with Crippen molar-refractivity contribution in [3.63, 3.8) is 0 Å². The van der Waals surface area contributed by atoms with E-state index in [2.05, 4.69) is 0 Å². The van der Waals surface area contributed by atoms with Crippen molar-refractivity contribution in [1.29, 1.82) is 0 Å². The number of carboxylic acid groups (broad SMARTS) is 1. The Labute approximate surface area is 113 Å².